The maximum Gasteiger partial charge on any atom is 0.310 e. The highest BCUT2D eigenvalue weighted by atomic mass is 16.4. The Kier molecular flexibility index (Phi) is 8.32. The molecule has 0 aliphatic carbocycles. The van der Waals surface area contributed by atoms with Gasteiger partial charge in [0, 0.05) is 6.04 Å². The van der Waals surface area contributed by atoms with Crippen molar-refractivity contribution in [1.82, 2.24) is 4.90 Å². The third-order valence-corrected chi connectivity index (χ3v) is 5.01. The van der Waals surface area contributed by atoms with Crippen molar-refractivity contribution in [3.05, 3.63) is 35.4 Å². The van der Waals surface area contributed by atoms with Gasteiger partial charge in [-0.1, -0.05) is 44.5 Å². The summed E-state index contributed by atoms with van der Waals surface area (Å²) in [6.45, 7) is 9.69. The Morgan fingerprint density at radius 1 is 1.17 bits per heavy atom. The van der Waals surface area contributed by atoms with Gasteiger partial charge in [0.25, 0.3) is 0 Å². The van der Waals surface area contributed by atoms with Crippen LogP contribution in [0.4, 0.5) is 0 Å². The number of aryl methyl sites for hydroxylation is 1. The molecule has 3 heteroatoms. The van der Waals surface area contributed by atoms with Gasteiger partial charge in [0.05, 0.1) is 5.92 Å². The van der Waals surface area contributed by atoms with E-state index in [9.17, 15) is 9.90 Å². The van der Waals surface area contributed by atoms with Gasteiger partial charge in [-0.05, 0) is 63.7 Å². The van der Waals surface area contributed by atoms with Crippen LogP contribution >= 0.6 is 0 Å². The molecule has 0 aromatic heterocycles. The highest BCUT2D eigenvalue weighted by Crippen LogP contribution is 2.28. The number of carboxylic acid groups (broad SMARTS) is 1. The molecule has 0 fully saturated rings. The number of benzene rings is 1. The molecule has 1 rings (SSSR count). The molecule has 0 radical (unpaired) electrons. The van der Waals surface area contributed by atoms with Gasteiger partial charge in [-0.15, -0.1) is 0 Å². The van der Waals surface area contributed by atoms with Crippen molar-refractivity contribution in [2.45, 2.75) is 65.3 Å². The van der Waals surface area contributed by atoms with Gasteiger partial charge >= 0.3 is 5.97 Å². The predicted octanol–water partition coefficient (Wildman–Crippen LogP) is 4.56. The Morgan fingerprint density at radius 3 is 2.22 bits per heavy atom. The Bertz CT molecular complexity index is 467. The molecule has 0 saturated carbocycles. The molecule has 23 heavy (non-hydrogen) atoms. The minimum absolute atomic E-state index is 0.393. The normalized spacial score (nSPS) is 14.2. The van der Waals surface area contributed by atoms with Gasteiger partial charge < -0.3 is 10.0 Å². The van der Waals surface area contributed by atoms with Crippen molar-refractivity contribution in [1.29, 1.82) is 0 Å². The van der Waals surface area contributed by atoms with E-state index < -0.39 is 11.9 Å². The molecule has 130 valence electrons. The number of hydrogen-bond donors (Lipinski definition) is 1. The van der Waals surface area contributed by atoms with Gasteiger partial charge in [-0.2, -0.15) is 0 Å². The van der Waals surface area contributed by atoms with Crippen molar-refractivity contribution < 1.29 is 9.90 Å². The smallest absolute Gasteiger partial charge is 0.310 e. The fourth-order valence-electron chi connectivity index (χ4n) is 2.83. The van der Waals surface area contributed by atoms with E-state index >= 15 is 0 Å². The summed E-state index contributed by atoms with van der Waals surface area (Å²) in [7, 11) is 2.13. The first-order chi connectivity index (χ1) is 10.9. The molecule has 0 spiro atoms. The van der Waals surface area contributed by atoms with Crippen LogP contribution in [0, 0.1) is 5.92 Å². The lowest BCUT2D eigenvalue weighted by molar-refractivity contribution is -0.139. The summed E-state index contributed by atoms with van der Waals surface area (Å²) in [6.07, 6.45) is 3.80. The van der Waals surface area contributed by atoms with Crippen molar-refractivity contribution in [3.8, 4) is 0 Å². The zero-order valence-corrected chi connectivity index (χ0v) is 15.4. The second-order valence-corrected chi connectivity index (χ2v) is 6.86. The average Bonchev–Trinajstić information content (AvgIpc) is 2.54. The summed E-state index contributed by atoms with van der Waals surface area (Å²) in [5, 5.41) is 9.65. The van der Waals surface area contributed by atoms with E-state index in [1.54, 1.807) is 0 Å². The molecule has 1 aromatic rings. The number of hydrogen-bond acceptors (Lipinski definition) is 2. The maximum atomic E-state index is 11.7. The third-order valence-electron chi connectivity index (χ3n) is 5.01. The van der Waals surface area contributed by atoms with Gasteiger partial charge in [0.1, 0.15) is 0 Å². The highest BCUT2D eigenvalue weighted by molar-refractivity contribution is 5.76. The number of rotatable bonds is 10. The van der Waals surface area contributed by atoms with Crippen LogP contribution in [0.1, 0.15) is 64.0 Å². The molecule has 0 heterocycles. The quantitative estimate of drug-likeness (QED) is 0.687. The minimum atomic E-state index is -0.704. The Balaban J connectivity index is 2.74. The topological polar surface area (TPSA) is 40.5 Å². The van der Waals surface area contributed by atoms with Crippen molar-refractivity contribution in [2.24, 2.45) is 5.92 Å². The minimum Gasteiger partial charge on any atom is -0.481 e. The molecule has 1 N–H and O–H groups in total. The van der Waals surface area contributed by atoms with Crippen LogP contribution in [0.5, 0.6) is 0 Å². The molecular weight excluding hydrogens is 286 g/mol. The molecule has 3 nitrogen and oxygen atoms in total. The lowest BCUT2D eigenvalue weighted by atomic mass is 9.85. The summed E-state index contributed by atoms with van der Waals surface area (Å²) in [6, 6.07) is 8.62. The first kappa shape index (κ1) is 19.7. The van der Waals surface area contributed by atoms with E-state index in [4.69, 9.17) is 0 Å². The van der Waals surface area contributed by atoms with Crippen LogP contribution in [0.2, 0.25) is 0 Å². The maximum absolute atomic E-state index is 11.7. The Morgan fingerprint density at radius 2 is 1.78 bits per heavy atom. The molecule has 0 saturated heterocycles. The zero-order valence-electron chi connectivity index (χ0n) is 15.4. The number of nitrogens with zero attached hydrogens (tertiary/aromatic N) is 1. The van der Waals surface area contributed by atoms with E-state index in [0.29, 0.717) is 12.0 Å². The van der Waals surface area contributed by atoms with Crippen LogP contribution in [-0.2, 0) is 11.2 Å². The van der Waals surface area contributed by atoms with Crippen molar-refractivity contribution in [2.75, 3.05) is 13.6 Å². The van der Waals surface area contributed by atoms with E-state index in [1.807, 2.05) is 12.1 Å². The lowest BCUT2D eigenvalue weighted by Gasteiger charge is -2.25. The fourth-order valence-corrected chi connectivity index (χ4v) is 2.83. The van der Waals surface area contributed by atoms with Crippen LogP contribution in [0.3, 0.4) is 0 Å². The molecule has 1 aromatic carbocycles. The number of carbonyl (C=O) groups is 1. The first-order valence-corrected chi connectivity index (χ1v) is 8.90. The predicted molar refractivity (Wildman–Crippen MR) is 97.0 cm³/mol. The van der Waals surface area contributed by atoms with Gasteiger partial charge in [-0.25, -0.2) is 0 Å². The number of aliphatic carboxylic acids is 1. The van der Waals surface area contributed by atoms with Crippen LogP contribution < -0.4 is 0 Å². The summed E-state index contributed by atoms with van der Waals surface area (Å²) < 4.78 is 0. The van der Waals surface area contributed by atoms with E-state index in [-0.39, 0.29) is 0 Å². The van der Waals surface area contributed by atoms with E-state index in [1.165, 1.54) is 5.56 Å². The van der Waals surface area contributed by atoms with Crippen LogP contribution in [0.15, 0.2) is 24.3 Å². The standard InChI is InChI=1S/C20H33NO2/c1-6-16-8-10-18(11-9-16)19(20(22)23)14-17(7-2)12-13-21(5)15(3)4/h8-11,15,17,19H,6-7,12-14H2,1-5H3,(H,22,23). The van der Waals surface area contributed by atoms with Crippen molar-refractivity contribution in [3.63, 3.8) is 0 Å². The summed E-state index contributed by atoms with van der Waals surface area (Å²) in [5.74, 6) is -0.650. The van der Waals surface area contributed by atoms with Gasteiger partial charge in [0.15, 0.2) is 0 Å². The summed E-state index contributed by atoms with van der Waals surface area (Å²) >= 11 is 0. The Hall–Kier alpha value is -1.35. The average molecular weight is 319 g/mol. The molecule has 0 aliphatic rings. The zero-order chi connectivity index (χ0) is 17.4. The van der Waals surface area contributed by atoms with Crippen LogP contribution in [0.25, 0.3) is 0 Å². The number of carboxylic acids is 1. The summed E-state index contributed by atoms with van der Waals surface area (Å²) in [5.41, 5.74) is 2.19. The molecule has 2 unspecified atom stereocenters. The van der Waals surface area contributed by atoms with E-state index in [0.717, 1.165) is 37.8 Å². The SMILES string of the molecule is CCc1ccc(C(CC(CC)CCN(C)C(C)C)C(=O)O)cc1. The molecule has 0 amide bonds. The van der Waals surface area contributed by atoms with E-state index in [2.05, 4.69) is 51.8 Å². The Labute approximate surface area is 141 Å². The van der Waals surface area contributed by atoms with Gasteiger partial charge in [0.2, 0.25) is 0 Å². The highest BCUT2D eigenvalue weighted by Gasteiger charge is 2.24. The lowest BCUT2D eigenvalue weighted by Crippen LogP contribution is -2.29. The second-order valence-electron chi connectivity index (χ2n) is 6.86. The monoisotopic (exact) mass is 319 g/mol. The third kappa shape index (κ3) is 6.34. The first-order valence-electron chi connectivity index (χ1n) is 8.90. The molecule has 2 atom stereocenters. The molecule has 0 aliphatic heterocycles. The van der Waals surface area contributed by atoms with Gasteiger partial charge in [-0.3, -0.25) is 4.79 Å². The second kappa shape index (κ2) is 9.71. The van der Waals surface area contributed by atoms with Crippen LogP contribution in [-0.4, -0.2) is 35.6 Å². The molecule has 0 bridgehead atoms. The fraction of sp³-hybridized carbons (Fsp3) is 0.650. The summed E-state index contributed by atoms with van der Waals surface area (Å²) in [4.78, 5) is 14.1. The van der Waals surface area contributed by atoms with Crippen molar-refractivity contribution >= 4 is 5.97 Å². The largest absolute Gasteiger partial charge is 0.481 e. The molecular formula is C20H33NO2.